The SMILES string of the molecule is CC(C)(C)[Si](OC[C@H]1O[C@@H](n2cnc3c(=O)[nH]c(NC(=O)COc4ccccc4)nc32)C[C@]1(O)O[P+](=O)[O-])(c1ccccc1)c1ccccc1. The van der Waals surface area contributed by atoms with E-state index >= 15 is 0 Å². The number of benzene rings is 3. The number of H-pyrrole nitrogens is 1. The van der Waals surface area contributed by atoms with Crippen molar-refractivity contribution in [3.8, 4) is 5.75 Å². The molecule has 0 spiro atoms. The van der Waals surface area contributed by atoms with Crippen molar-refractivity contribution >= 4 is 50.0 Å². The molecule has 1 aliphatic rings. The molecule has 3 heterocycles. The Morgan fingerprint density at radius 1 is 1.08 bits per heavy atom. The van der Waals surface area contributed by atoms with Crippen LogP contribution in [0.15, 0.2) is 102 Å². The van der Waals surface area contributed by atoms with Crippen LogP contribution in [0, 0.1) is 0 Å². The van der Waals surface area contributed by atoms with E-state index in [4.69, 9.17) is 18.4 Å². The fourth-order valence-corrected chi connectivity index (χ4v) is 11.3. The van der Waals surface area contributed by atoms with Gasteiger partial charge < -0.3 is 23.9 Å². The smallest absolute Gasteiger partial charge is 0.491 e. The third kappa shape index (κ3) is 7.16. The molecule has 1 amide bonds. The van der Waals surface area contributed by atoms with Crippen LogP contribution in [0.25, 0.3) is 11.2 Å². The fourth-order valence-electron chi connectivity index (χ4n) is 6.28. The molecule has 4 atom stereocenters. The highest BCUT2D eigenvalue weighted by atomic mass is 31.1. The molecule has 16 heteroatoms. The number of amides is 1. The predicted molar refractivity (Wildman–Crippen MR) is 184 cm³/mol. The number of nitrogens with zero attached hydrogens (tertiary/aromatic N) is 3. The van der Waals surface area contributed by atoms with Crippen molar-refractivity contribution < 1.29 is 37.8 Å². The molecule has 1 fully saturated rings. The van der Waals surface area contributed by atoms with Crippen LogP contribution in [0.2, 0.25) is 5.04 Å². The molecule has 0 bridgehead atoms. The summed E-state index contributed by atoms with van der Waals surface area (Å²) in [5.74, 6) is -2.61. The van der Waals surface area contributed by atoms with Gasteiger partial charge in [-0.05, 0) is 32.1 Å². The average molecular weight is 718 g/mol. The fraction of sp³-hybridized carbons (Fsp3) is 0.294. The lowest BCUT2D eigenvalue weighted by Gasteiger charge is -2.43. The number of aromatic amines is 1. The first kappa shape index (κ1) is 35.2. The van der Waals surface area contributed by atoms with Gasteiger partial charge in [-0.2, -0.15) is 4.98 Å². The molecule has 1 saturated heterocycles. The first-order valence-corrected chi connectivity index (χ1v) is 18.8. The van der Waals surface area contributed by atoms with E-state index < -0.39 is 51.2 Å². The Bertz CT molecular complexity index is 1990. The minimum Gasteiger partial charge on any atom is -0.566 e. The van der Waals surface area contributed by atoms with Crippen LogP contribution >= 0.6 is 8.25 Å². The quantitative estimate of drug-likeness (QED) is 0.0978. The molecule has 0 aliphatic carbocycles. The van der Waals surface area contributed by atoms with Crippen molar-refractivity contribution in [1.29, 1.82) is 0 Å². The molecule has 2 aromatic heterocycles. The molecule has 14 nitrogen and oxygen atoms in total. The first-order valence-electron chi connectivity index (χ1n) is 15.8. The van der Waals surface area contributed by atoms with Gasteiger partial charge in [0.2, 0.25) is 5.95 Å². The highest BCUT2D eigenvalue weighted by molar-refractivity contribution is 7.30. The molecule has 50 heavy (non-hydrogen) atoms. The summed E-state index contributed by atoms with van der Waals surface area (Å²) in [5.41, 5.74) is -0.703. The molecule has 0 saturated carbocycles. The van der Waals surface area contributed by atoms with Crippen LogP contribution in [-0.2, 0) is 23.0 Å². The van der Waals surface area contributed by atoms with Crippen LogP contribution in [0.1, 0.15) is 33.4 Å². The zero-order chi connectivity index (χ0) is 35.5. The molecule has 5 aromatic rings. The predicted octanol–water partition coefficient (Wildman–Crippen LogP) is 2.72. The van der Waals surface area contributed by atoms with E-state index in [2.05, 4.69) is 41.0 Å². The van der Waals surface area contributed by atoms with E-state index in [9.17, 15) is 24.2 Å². The normalized spacial score (nSPS) is 19.7. The summed E-state index contributed by atoms with van der Waals surface area (Å²) in [6.07, 6.45) is -1.48. The van der Waals surface area contributed by atoms with Crippen molar-refractivity contribution in [3.05, 3.63) is 108 Å². The van der Waals surface area contributed by atoms with Crippen molar-refractivity contribution in [2.75, 3.05) is 18.5 Å². The average Bonchev–Trinajstić information content (AvgIpc) is 3.65. The van der Waals surface area contributed by atoms with Crippen LogP contribution in [0.4, 0.5) is 5.95 Å². The number of ether oxygens (including phenoxy) is 2. The maximum Gasteiger partial charge on any atom is 0.491 e. The Morgan fingerprint density at radius 2 is 1.68 bits per heavy atom. The zero-order valence-electron chi connectivity index (χ0n) is 27.5. The van der Waals surface area contributed by atoms with E-state index in [1.807, 2.05) is 66.7 Å². The number of rotatable bonds is 12. The highest BCUT2D eigenvalue weighted by Crippen LogP contribution is 2.44. The maximum atomic E-state index is 12.9. The largest absolute Gasteiger partial charge is 0.566 e. The Balaban J connectivity index is 1.29. The monoisotopic (exact) mass is 717 g/mol. The van der Waals surface area contributed by atoms with Crippen molar-refractivity contribution in [3.63, 3.8) is 0 Å². The Labute approximate surface area is 289 Å². The van der Waals surface area contributed by atoms with Crippen LogP contribution in [0.3, 0.4) is 0 Å². The summed E-state index contributed by atoms with van der Waals surface area (Å²) in [6.45, 7) is 5.66. The Hall–Kier alpha value is -4.60. The number of fused-ring (bicyclic) bond motifs is 1. The summed E-state index contributed by atoms with van der Waals surface area (Å²) >= 11 is 0. The van der Waals surface area contributed by atoms with E-state index in [0.717, 1.165) is 10.4 Å². The number of imidazole rings is 1. The van der Waals surface area contributed by atoms with E-state index in [1.165, 1.54) is 10.9 Å². The van der Waals surface area contributed by atoms with Gasteiger partial charge in [-0.25, -0.2) is 4.98 Å². The van der Waals surface area contributed by atoms with Crippen molar-refractivity contribution in [2.45, 2.75) is 50.3 Å². The molecule has 3 aromatic carbocycles. The lowest BCUT2D eigenvalue weighted by atomic mass is 10.1. The maximum absolute atomic E-state index is 12.9. The molecule has 260 valence electrons. The van der Waals surface area contributed by atoms with E-state index in [0.29, 0.717) is 5.75 Å². The summed E-state index contributed by atoms with van der Waals surface area (Å²) in [6, 6.07) is 28.3. The summed E-state index contributed by atoms with van der Waals surface area (Å²) in [5, 5.41) is 15.7. The summed E-state index contributed by atoms with van der Waals surface area (Å²) in [7, 11) is -6.65. The second kappa shape index (κ2) is 14.3. The number of para-hydroxylation sites is 1. The molecule has 0 radical (unpaired) electrons. The van der Waals surface area contributed by atoms with Gasteiger partial charge in [0, 0.05) is 0 Å². The molecule has 6 rings (SSSR count). The minimum atomic E-state index is -3.52. The number of carbonyl (C=O) groups excluding carboxylic acids is 1. The second-order valence-corrected chi connectivity index (χ2v) is 17.7. The third-order valence-electron chi connectivity index (χ3n) is 8.51. The molecule has 1 unspecified atom stereocenters. The second-order valence-electron chi connectivity index (χ2n) is 12.8. The topological polar surface area (TPSA) is 190 Å². The van der Waals surface area contributed by atoms with Gasteiger partial charge in [0.15, 0.2) is 17.8 Å². The van der Waals surface area contributed by atoms with Crippen LogP contribution in [-0.4, -0.2) is 64.0 Å². The summed E-state index contributed by atoms with van der Waals surface area (Å²) < 4.78 is 37.1. The van der Waals surface area contributed by atoms with Crippen LogP contribution < -0.4 is 30.9 Å². The van der Waals surface area contributed by atoms with Gasteiger partial charge in [-0.1, -0.05) is 99.6 Å². The van der Waals surface area contributed by atoms with Gasteiger partial charge in [-0.15, -0.1) is 4.52 Å². The lowest BCUT2D eigenvalue weighted by Crippen LogP contribution is -2.67. The van der Waals surface area contributed by atoms with E-state index in [1.54, 1.807) is 24.3 Å². The van der Waals surface area contributed by atoms with Gasteiger partial charge in [0.05, 0.1) is 19.4 Å². The zero-order valence-corrected chi connectivity index (χ0v) is 29.4. The Morgan fingerprint density at radius 3 is 2.26 bits per heavy atom. The number of aromatic nitrogens is 4. The van der Waals surface area contributed by atoms with Gasteiger partial charge in [-0.3, -0.25) is 24.5 Å². The van der Waals surface area contributed by atoms with Gasteiger partial charge >= 0.3 is 8.25 Å². The number of carbonyl (C=O) groups is 1. The number of nitrogens with one attached hydrogen (secondary N) is 2. The standard InChI is InChI=1S/C34H36N5O9PSi/c1-33(2,3)50(24-15-9-5-10-16-24,25-17-11-6-12-18-25)46-20-26-34(42,48-49(43)44)19-28(47-26)39-22-35-29-30(39)37-32(38-31(29)41)36-27(40)21-45-23-13-7-4-8-14-23/h4-18,22,26,28,42H,19-21H2,1-3H3,(H2,36,37,38,40,41)/t26-,28-,34+/m1/s1. The first-order chi connectivity index (χ1) is 23.9. The van der Waals surface area contributed by atoms with Gasteiger partial charge in [0.25, 0.3) is 25.6 Å². The molecule has 3 N–H and O–H groups in total. The third-order valence-corrected chi connectivity index (χ3v) is 14.0. The Kier molecular flexibility index (Phi) is 10.1. The number of anilines is 1. The lowest BCUT2D eigenvalue weighted by molar-refractivity contribution is -0.239. The van der Waals surface area contributed by atoms with Gasteiger partial charge in [0.1, 0.15) is 18.1 Å². The minimum absolute atomic E-state index is 0.0143. The molecular weight excluding hydrogens is 681 g/mol. The number of aliphatic hydroxyl groups is 1. The van der Waals surface area contributed by atoms with Crippen molar-refractivity contribution in [2.24, 2.45) is 0 Å². The van der Waals surface area contributed by atoms with E-state index in [-0.39, 0.29) is 36.7 Å². The highest BCUT2D eigenvalue weighted by Gasteiger charge is 2.57. The van der Waals surface area contributed by atoms with Crippen LogP contribution in [0.5, 0.6) is 5.75 Å². The molecule has 1 aliphatic heterocycles. The summed E-state index contributed by atoms with van der Waals surface area (Å²) in [4.78, 5) is 48.5. The number of hydrogen-bond acceptors (Lipinski definition) is 11. The van der Waals surface area contributed by atoms with Crippen molar-refractivity contribution in [1.82, 2.24) is 19.5 Å². The number of hydrogen-bond donors (Lipinski definition) is 3. The molecular formula is C34H36N5O9PSi.